The molecule has 1 amide bonds. The largest absolute Gasteiger partial charge is 0.418 e. The molecule has 2 aromatic carbocycles. The summed E-state index contributed by atoms with van der Waals surface area (Å²) in [7, 11) is 0. The van der Waals surface area contributed by atoms with Crippen LogP contribution >= 0.6 is 11.8 Å². The van der Waals surface area contributed by atoms with Gasteiger partial charge in [-0.1, -0.05) is 42.1 Å². The third kappa shape index (κ3) is 4.68. The minimum Gasteiger partial charge on any atom is -0.411 e. The average Bonchev–Trinajstić information content (AvgIpc) is 3.10. The van der Waals surface area contributed by atoms with E-state index in [2.05, 4.69) is 15.5 Å². The second-order valence-electron chi connectivity index (χ2n) is 5.53. The first-order valence-corrected chi connectivity index (χ1v) is 8.75. The number of carbonyl (C=O) groups excluding carboxylic acids is 1. The van der Waals surface area contributed by atoms with Crippen molar-refractivity contribution in [3.8, 4) is 11.5 Å². The molecule has 1 heterocycles. The molecule has 1 atom stereocenters. The van der Waals surface area contributed by atoms with E-state index < -0.39 is 22.9 Å². The molecule has 1 aromatic heterocycles. The Morgan fingerprint density at radius 3 is 2.44 bits per heavy atom. The maximum Gasteiger partial charge on any atom is 0.418 e. The summed E-state index contributed by atoms with van der Waals surface area (Å²) in [5, 5.41) is 9.50. The summed E-state index contributed by atoms with van der Waals surface area (Å²) in [6.45, 7) is 1.54. The van der Waals surface area contributed by atoms with Crippen molar-refractivity contribution in [2.45, 2.75) is 23.6 Å². The first-order valence-electron chi connectivity index (χ1n) is 7.87. The molecule has 0 aliphatic carbocycles. The second-order valence-corrected chi connectivity index (χ2v) is 6.82. The molecule has 0 bridgehead atoms. The number of alkyl halides is 3. The molecule has 0 aliphatic heterocycles. The van der Waals surface area contributed by atoms with Gasteiger partial charge in [0.25, 0.3) is 5.22 Å². The first kappa shape index (κ1) is 19.0. The van der Waals surface area contributed by atoms with E-state index in [1.54, 1.807) is 19.1 Å². The Hall–Kier alpha value is -2.81. The van der Waals surface area contributed by atoms with E-state index in [0.29, 0.717) is 5.89 Å². The summed E-state index contributed by atoms with van der Waals surface area (Å²) in [4.78, 5) is 12.3. The number of amides is 1. The molecule has 0 saturated heterocycles. The van der Waals surface area contributed by atoms with Gasteiger partial charge in [-0.2, -0.15) is 13.2 Å². The molecule has 0 radical (unpaired) electrons. The Kier molecular flexibility index (Phi) is 5.50. The minimum atomic E-state index is -4.56. The van der Waals surface area contributed by atoms with Crippen molar-refractivity contribution >= 4 is 23.4 Å². The maximum absolute atomic E-state index is 13.0. The van der Waals surface area contributed by atoms with Crippen LogP contribution in [-0.2, 0) is 11.0 Å². The van der Waals surface area contributed by atoms with Crippen molar-refractivity contribution in [1.29, 1.82) is 0 Å². The quantitative estimate of drug-likeness (QED) is 0.626. The number of benzene rings is 2. The lowest BCUT2D eigenvalue weighted by Crippen LogP contribution is -2.24. The van der Waals surface area contributed by atoms with Gasteiger partial charge in [0.1, 0.15) is 0 Å². The fraction of sp³-hybridized carbons (Fsp3) is 0.167. The Balaban J connectivity index is 1.68. The number of aromatic nitrogens is 2. The number of anilines is 1. The summed E-state index contributed by atoms with van der Waals surface area (Å²) in [6, 6.07) is 13.9. The van der Waals surface area contributed by atoms with Crippen LogP contribution in [0.5, 0.6) is 0 Å². The summed E-state index contributed by atoms with van der Waals surface area (Å²) in [6.07, 6.45) is -4.56. The molecular weight excluding hydrogens is 379 g/mol. The van der Waals surface area contributed by atoms with Gasteiger partial charge in [0.2, 0.25) is 11.8 Å². The van der Waals surface area contributed by atoms with Crippen LogP contribution in [0.15, 0.2) is 64.2 Å². The molecule has 0 aliphatic rings. The van der Waals surface area contributed by atoms with Crippen LogP contribution in [0, 0.1) is 0 Å². The summed E-state index contributed by atoms with van der Waals surface area (Å²) >= 11 is 0.966. The highest BCUT2D eigenvalue weighted by Gasteiger charge is 2.34. The first-order chi connectivity index (χ1) is 12.8. The highest BCUT2D eigenvalue weighted by atomic mass is 32.2. The normalized spacial score (nSPS) is 12.6. The fourth-order valence-electron chi connectivity index (χ4n) is 2.23. The van der Waals surface area contributed by atoms with E-state index in [0.717, 1.165) is 23.4 Å². The second kappa shape index (κ2) is 7.83. The SMILES string of the molecule is C[C@H](Sc1nnc(-c2ccccc2)o1)C(=O)Nc1ccccc1C(F)(F)F. The number of hydrogen-bond acceptors (Lipinski definition) is 5. The van der Waals surface area contributed by atoms with Crippen molar-refractivity contribution in [3.63, 3.8) is 0 Å². The molecule has 3 rings (SSSR count). The number of thioether (sulfide) groups is 1. The number of halogens is 3. The van der Waals surface area contributed by atoms with Crippen LogP contribution in [0.3, 0.4) is 0 Å². The van der Waals surface area contributed by atoms with Crippen LogP contribution in [0.4, 0.5) is 18.9 Å². The van der Waals surface area contributed by atoms with Gasteiger partial charge in [-0.05, 0) is 31.2 Å². The number of nitrogens with one attached hydrogen (secondary N) is 1. The Morgan fingerprint density at radius 1 is 1.07 bits per heavy atom. The predicted molar refractivity (Wildman–Crippen MR) is 95.1 cm³/mol. The van der Waals surface area contributed by atoms with Crippen LogP contribution in [0.25, 0.3) is 11.5 Å². The molecule has 0 spiro atoms. The van der Waals surface area contributed by atoms with Gasteiger partial charge < -0.3 is 9.73 Å². The number of hydrogen-bond donors (Lipinski definition) is 1. The van der Waals surface area contributed by atoms with Crippen molar-refractivity contribution < 1.29 is 22.4 Å². The van der Waals surface area contributed by atoms with Gasteiger partial charge in [0.15, 0.2) is 0 Å². The molecule has 0 unspecified atom stereocenters. The zero-order valence-corrected chi connectivity index (χ0v) is 14.8. The van der Waals surface area contributed by atoms with Crippen molar-refractivity contribution in [3.05, 3.63) is 60.2 Å². The van der Waals surface area contributed by atoms with Crippen molar-refractivity contribution in [2.75, 3.05) is 5.32 Å². The van der Waals surface area contributed by atoms with Gasteiger partial charge in [-0.15, -0.1) is 10.2 Å². The third-order valence-corrected chi connectivity index (χ3v) is 4.50. The van der Waals surface area contributed by atoms with E-state index in [4.69, 9.17) is 4.42 Å². The minimum absolute atomic E-state index is 0.153. The number of rotatable bonds is 5. The topological polar surface area (TPSA) is 68.0 Å². The van der Waals surface area contributed by atoms with Crippen molar-refractivity contribution in [2.24, 2.45) is 0 Å². The highest BCUT2D eigenvalue weighted by Crippen LogP contribution is 2.35. The summed E-state index contributed by atoms with van der Waals surface area (Å²) < 4.78 is 44.6. The number of carbonyl (C=O) groups is 1. The lowest BCUT2D eigenvalue weighted by atomic mass is 10.1. The predicted octanol–water partition coefficient (Wildman–Crippen LogP) is 4.87. The molecule has 5 nitrogen and oxygen atoms in total. The maximum atomic E-state index is 13.0. The van der Waals surface area contributed by atoms with Crippen LogP contribution in [-0.4, -0.2) is 21.4 Å². The summed E-state index contributed by atoms with van der Waals surface area (Å²) in [5.41, 5.74) is -0.467. The Morgan fingerprint density at radius 2 is 1.74 bits per heavy atom. The lowest BCUT2D eigenvalue weighted by Gasteiger charge is -2.15. The molecular formula is C18H14F3N3O2S. The zero-order valence-electron chi connectivity index (χ0n) is 14.0. The van der Waals surface area contributed by atoms with Gasteiger partial charge in [-0.3, -0.25) is 4.79 Å². The molecule has 0 saturated carbocycles. The summed E-state index contributed by atoms with van der Waals surface area (Å²) in [5.74, 6) is -0.302. The van der Waals surface area contributed by atoms with E-state index >= 15 is 0 Å². The molecule has 3 aromatic rings. The van der Waals surface area contributed by atoms with E-state index in [9.17, 15) is 18.0 Å². The van der Waals surface area contributed by atoms with Gasteiger partial charge in [-0.25, -0.2) is 0 Å². The molecule has 140 valence electrons. The average molecular weight is 393 g/mol. The lowest BCUT2D eigenvalue weighted by molar-refractivity contribution is -0.137. The smallest absolute Gasteiger partial charge is 0.411 e. The monoisotopic (exact) mass is 393 g/mol. The molecule has 9 heteroatoms. The van der Waals surface area contributed by atoms with E-state index in [1.165, 1.54) is 18.2 Å². The number of nitrogens with zero attached hydrogens (tertiary/aromatic N) is 2. The van der Waals surface area contributed by atoms with E-state index in [-0.39, 0.29) is 10.9 Å². The molecule has 1 N–H and O–H groups in total. The standard InChI is InChI=1S/C18H14F3N3O2S/c1-11(15(25)22-14-10-6-5-9-13(14)18(19,20)21)27-17-24-23-16(26-17)12-7-3-2-4-8-12/h2-11H,1H3,(H,22,25)/t11-/m0/s1. The van der Waals surface area contributed by atoms with Gasteiger partial charge in [0, 0.05) is 5.56 Å². The number of para-hydroxylation sites is 1. The van der Waals surface area contributed by atoms with Crippen LogP contribution in [0.2, 0.25) is 0 Å². The fourth-order valence-corrected chi connectivity index (χ4v) is 2.92. The molecule has 27 heavy (non-hydrogen) atoms. The Labute approximate surface area is 157 Å². The zero-order chi connectivity index (χ0) is 19.4. The van der Waals surface area contributed by atoms with E-state index in [1.807, 2.05) is 18.2 Å². The molecule has 0 fully saturated rings. The highest BCUT2D eigenvalue weighted by molar-refractivity contribution is 8.00. The van der Waals surface area contributed by atoms with Gasteiger partial charge >= 0.3 is 6.18 Å². The van der Waals surface area contributed by atoms with Crippen molar-refractivity contribution in [1.82, 2.24) is 10.2 Å². The van der Waals surface area contributed by atoms with Crippen LogP contribution < -0.4 is 5.32 Å². The van der Waals surface area contributed by atoms with Crippen LogP contribution in [0.1, 0.15) is 12.5 Å². The third-order valence-electron chi connectivity index (χ3n) is 3.56. The van der Waals surface area contributed by atoms with Gasteiger partial charge in [0.05, 0.1) is 16.5 Å². The Bertz CT molecular complexity index is 929.